The van der Waals surface area contributed by atoms with E-state index >= 15 is 0 Å². The van der Waals surface area contributed by atoms with Crippen LogP contribution in [0.2, 0.25) is 0 Å². The van der Waals surface area contributed by atoms with Crippen molar-refractivity contribution in [2.45, 2.75) is 55.8 Å². The molecule has 5 rings (SSSR count). The number of carbonyl (C=O) groups is 2. The number of nitrogens with zero attached hydrogens (tertiary/aromatic N) is 1. The molecule has 1 amide bonds. The van der Waals surface area contributed by atoms with E-state index in [1.807, 2.05) is 6.07 Å². The molecule has 25 heavy (non-hydrogen) atoms. The maximum Gasteiger partial charge on any atom is 0.252 e. The summed E-state index contributed by atoms with van der Waals surface area (Å²) in [6.07, 6.45) is 1.42. The second-order valence-electron chi connectivity index (χ2n) is 7.80. The topological polar surface area (TPSA) is 92.9 Å². The van der Waals surface area contributed by atoms with Crippen LogP contribution in [0.4, 0.5) is 0 Å². The van der Waals surface area contributed by atoms with Crippen molar-refractivity contribution in [3.8, 4) is 5.75 Å². The Morgan fingerprint density at radius 2 is 2.24 bits per heavy atom. The summed E-state index contributed by atoms with van der Waals surface area (Å²) in [5.41, 5.74) is 6.05. The smallest absolute Gasteiger partial charge is 0.252 e. The van der Waals surface area contributed by atoms with Crippen LogP contribution in [-0.4, -0.2) is 52.5 Å². The van der Waals surface area contributed by atoms with Crippen molar-refractivity contribution >= 4 is 11.7 Å². The first kappa shape index (κ1) is 15.3. The monoisotopic (exact) mass is 342 g/mol. The molecule has 4 aliphatic rings. The number of primary amides is 1. The van der Waals surface area contributed by atoms with Gasteiger partial charge in [-0.25, -0.2) is 0 Å². The molecular weight excluding hydrogens is 320 g/mol. The van der Waals surface area contributed by atoms with Crippen LogP contribution in [0.15, 0.2) is 12.1 Å². The molecule has 1 spiro atoms. The summed E-state index contributed by atoms with van der Waals surface area (Å²) in [4.78, 5) is 26.9. The second-order valence-corrected chi connectivity index (χ2v) is 7.80. The zero-order valence-electron chi connectivity index (χ0n) is 14.2. The molecule has 2 fully saturated rings. The quantitative estimate of drug-likeness (QED) is 0.818. The van der Waals surface area contributed by atoms with Gasteiger partial charge in [-0.3, -0.25) is 14.5 Å². The van der Waals surface area contributed by atoms with Crippen LogP contribution in [0.25, 0.3) is 0 Å². The van der Waals surface area contributed by atoms with Gasteiger partial charge in [0.25, 0.3) is 5.91 Å². The Hall–Kier alpha value is -1.92. The molecule has 2 aliphatic carbocycles. The number of ketones is 1. The SMILES string of the molecule is CCN1CC[C@]23c4c5ccc(C(N)=O)c4O[C@H]2C(=O)CC[C@@]3(O)[C@H]1C5. The zero-order chi connectivity index (χ0) is 17.6. The van der Waals surface area contributed by atoms with Crippen LogP contribution in [0, 0.1) is 0 Å². The van der Waals surface area contributed by atoms with E-state index in [-0.39, 0.29) is 11.8 Å². The van der Waals surface area contributed by atoms with E-state index in [1.165, 1.54) is 0 Å². The first-order chi connectivity index (χ1) is 11.9. The third-order valence-electron chi connectivity index (χ3n) is 7.06. The molecule has 1 saturated carbocycles. The van der Waals surface area contributed by atoms with Crippen LogP contribution in [0.5, 0.6) is 5.75 Å². The standard InChI is InChI=1S/C19H22N2O4/c1-2-21-8-7-18-14-10-3-4-11(17(20)23)15(14)25-16(18)12(22)5-6-19(18,24)13(21)9-10/h3-4,13,16,24H,2,5-9H2,1H3,(H2,20,23)/t13-,16+,18+,19-/m1/s1. The van der Waals surface area contributed by atoms with Crippen molar-refractivity contribution in [1.82, 2.24) is 4.90 Å². The van der Waals surface area contributed by atoms with E-state index in [9.17, 15) is 14.7 Å². The lowest BCUT2D eigenvalue weighted by atomic mass is 9.49. The highest BCUT2D eigenvalue weighted by Gasteiger charge is 2.72. The van der Waals surface area contributed by atoms with Crippen molar-refractivity contribution in [3.05, 3.63) is 28.8 Å². The summed E-state index contributed by atoms with van der Waals surface area (Å²) in [5.74, 6) is -0.100. The minimum Gasteiger partial charge on any atom is -0.480 e. The Morgan fingerprint density at radius 3 is 2.96 bits per heavy atom. The van der Waals surface area contributed by atoms with Crippen LogP contribution < -0.4 is 10.5 Å². The van der Waals surface area contributed by atoms with Gasteiger partial charge in [0.2, 0.25) is 0 Å². The fraction of sp³-hybridized carbons (Fsp3) is 0.579. The van der Waals surface area contributed by atoms with Gasteiger partial charge in [0.1, 0.15) is 5.75 Å². The predicted octanol–water partition coefficient (Wildman–Crippen LogP) is 0.529. The van der Waals surface area contributed by atoms with Gasteiger partial charge < -0.3 is 15.6 Å². The predicted molar refractivity (Wildman–Crippen MR) is 89.6 cm³/mol. The maximum absolute atomic E-state index is 12.7. The minimum absolute atomic E-state index is 0.0212. The number of Topliss-reactive ketones (excluding diaryl/α,β-unsaturated/α-hetero) is 1. The fourth-order valence-electron chi connectivity index (χ4n) is 6.00. The van der Waals surface area contributed by atoms with E-state index in [0.29, 0.717) is 37.0 Å². The third-order valence-corrected chi connectivity index (χ3v) is 7.06. The number of hydrogen-bond acceptors (Lipinski definition) is 5. The normalized spacial score (nSPS) is 38.2. The van der Waals surface area contributed by atoms with Gasteiger partial charge in [-0.2, -0.15) is 0 Å². The molecule has 0 radical (unpaired) electrons. The summed E-state index contributed by atoms with van der Waals surface area (Å²) in [5, 5.41) is 11.9. The molecule has 132 valence electrons. The Bertz CT molecular complexity index is 822. The molecule has 1 aromatic carbocycles. The van der Waals surface area contributed by atoms with Gasteiger partial charge in [-0.15, -0.1) is 0 Å². The minimum atomic E-state index is -1.01. The molecule has 0 unspecified atom stereocenters. The van der Waals surface area contributed by atoms with Gasteiger partial charge in [0.05, 0.1) is 16.6 Å². The lowest BCUT2D eigenvalue weighted by molar-refractivity contribution is -0.187. The second kappa shape index (κ2) is 4.62. The number of piperidine rings is 1. The number of aliphatic hydroxyl groups is 1. The van der Waals surface area contributed by atoms with E-state index < -0.39 is 23.0 Å². The van der Waals surface area contributed by atoms with Crippen molar-refractivity contribution in [2.75, 3.05) is 13.1 Å². The zero-order valence-corrected chi connectivity index (χ0v) is 14.2. The average Bonchev–Trinajstić information content (AvgIpc) is 2.93. The average molecular weight is 342 g/mol. The molecule has 3 N–H and O–H groups in total. The third kappa shape index (κ3) is 1.54. The number of ether oxygens (including phenoxy) is 1. The number of likely N-dealkylation sites (N-methyl/N-ethyl adjacent to an activating group) is 1. The summed E-state index contributed by atoms with van der Waals surface area (Å²) in [6.45, 7) is 3.79. The summed E-state index contributed by atoms with van der Waals surface area (Å²) in [7, 11) is 0. The molecule has 2 aliphatic heterocycles. The van der Waals surface area contributed by atoms with Gasteiger partial charge in [-0.05, 0) is 44.0 Å². The number of carbonyl (C=O) groups excluding carboxylic acids is 2. The van der Waals surface area contributed by atoms with Gasteiger partial charge in [0.15, 0.2) is 11.9 Å². The largest absolute Gasteiger partial charge is 0.480 e. The van der Waals surface area contributed by atoms with E-state index in [2.05, 4.69) is 11.8 Å². The van der Waals surface area contributed by atoms with Crippen LogP contribution in [-0.2, 0) is 16.6 Å². The number of rotatable bonds is 2. The molecule has 2 bridgehead atoms. The van der Waals surface area contributed by atoms with Crippen LogP contribution in [0.3, 0.4) is 0 Å². The lowest BCUT2D eigenvalue weighted by Gasteiger charge is -2.62. The van der Waals surface area contributed by atoms with Crippen LogP contribution in [0.1, 0.15) is 47.7 Å². The fourth-order valence-corrected chi connectivity index (χ4v) is 6.00. The molecule has 1 saturated heterocycles. The van der Waals surface area contributed by atoms with E-state index in [1.54, 1.807) is 6.07 Å². The lowest BCUT2D eigenvalue weighted by Crippen LogP contribution is -2.76. The Labute approximate surface area is 145 Å². The van der Waals surface area contributed by atoms with Crippen molar-refractivity contribution in [1.29, 1.82) is 0 Å². The summed E-state index contributed by atoms with van der Waals surface area (Å²) >= 11 is 0. The van der Waals surface area contributed by atoms with Crippen molar-refractivity contribution < 1.29 is 19.4 Å². The van der Waals surface area contributed by atoms with E-state index in [0.717, 1.165) is 24.2 Å². The van der Waals surface area contributed by atoms with Gasteiger partial charge >= 0.3 is 0 Å². The maximum atomic E-state index is 12.7. The molecule has 1 aromatic rings. The van der Waals surface area contributed by atoms with E-state index in [4.69, 9.17) is 10.5 Å². The molecular formula is C19H22N2O4. The Balaban J connectivity index is 1.83. The number of amides is 1. The van der Waals surface area contributed by atoms with Crippen molar-refractivity contribution in [3.63, 3.8) is 0 Å². The summed E-state index contributed by atoms with van der Waals surface area (Å²) in [6, 6.07) is 3.60. The van der Waals surface area contributed by atoms with Gasteiger partial charge in [0, 0.05) is 18.0 Å². The number of likely N-dealkylation sites (tertiary alicyclic amines) is 1. The van der Waals surface area contributed by atoms with Gasteiger partial charge in [-0.1, -0.05) is 13.0 Å². The first-order valence-corrected chi connectivity index (χ1v) is 9.06. The van der Waals surface area contributed by atoms with Crippen LogP contribution >= 0.6 is 0 Å². The number of hydrogen-bond donors (Lipinski definition) is 2. The molecule has 6 nitrogen and oxygen atoms in total. The number of nitrogens with two attached hydrogens (primary N) is 1. The Morgan fingerprint density at radius 1 is 1.44 bits per heavy atom. The first-order valence-electron chi connectivity index (χ1n) is 9.06. The summed E-state index contributed by atoms with van der Waals surface area (Å²) < 4.78 is 6.09. The number of benzene rings is 1. The van der Waals surface area contributed by atoms with Crippen molar-refractivity contribution in [2.24, 2.45) is 5.73 Å². The molecule has 0 aromatic heterocycles. The molecule has 4 atom stereocenters. The molecule has 2 heterocycles. The highest BCUT2D eigenvalue weighted by Crippen LogP contribution is 2.63. The highest BCUT2D eigenvalue weighted by molar-refractivity contribution is 5.98. The highest BCUT2D eigenvalue weighted by atomic mass is 16.5. The Kier molecular flexibility index (Phi) is 2.84. The molecule has 6 heteroatoms.